The van der Waals surface area contributed by atoms with E-state index in [0.717, 1.165) is 12.1 Å². The zero-order chi connectivity index (χ0) is 12.3. The minimum Gasteiger partial charge on any atom is -0.198 e. The lowest BCUT2D eigenvalue weighted by atomic mass is 9.39. The molecular weight excluding hydrogens is 223 g/mol. The lowest BCUT2D eigenvalue weighted by Crippen LogP contribution is -2.50. The number of halogens is 6. The zero-order valence-electron chi connectivity index (χ0n) is 7.52. The summed E-state index contributed by atoms with van der Waals surface area (Å²) in [6.07, 6.45) is -9.37. The molecule has 0 aromatic rings. The van der Waals surface area contributed by atoms with Gasteiger partial charge in [0.15, 0.2) is 0 Å². The van der Waals surface area contributed by atoms with E-state index in [9.17, 15) is 26.3 Å². The molecule has 15 heavy (non-hydrogen) atoms. The van der Waals surface area contributed by atoms with E-state index in [1.807, 2.05) is 0 Å². The molecule has 0 aliphatic heterocycles. The summed E-state index contributed by atoms with van der Waals surface area (Å²) in [7, 11) is 0. The van der Waals surface area contributed by atoms with Crippen LogP contribution < -0.4 is 0 Å². The Morgan fingerprint density at radius 3 is 1.73 bits per heavy atom. The molecule has 0 spiro atoms. The van der Waals surface area contributed by atoms with E-state index < -0.39 is 24.7 Å². The summed E-state index contributed by atoms with van der Waals surface area (Å²) in [5, 5.41) is 8.25. The Morgan fingerprint density at radius 2 is 1.53 bits per heavy atom. The van der Waals surface area contributed by atoms with Crippen molar-refractivity contribution < 1.29 is 26.3 Å². The largest absolute Gasteiger partial charge is 0.422 e. The van der Waals surface area contributed by atoms with Crippen LogP contribution in [0.2, 0.25) is 5.82 Å². The van der Waals surface area contributed by atoms with Crippen molar-refractivity contribution in [2.75, 3.05) is 0 Å². The lowest BCUT2D eigenvalue weighted by molar-refractivity contribution is -0.105. The van der Waals surface area contributed by atoms with E-state index in [2.05, 4.69) is 0 Å². The first-order valence-corrected chi connectivity index (χ1v) is 3.80. The van der Waals surface area contributed by atoms with Crippen LogP contribution >= 0.6 is 0 Å². The van der Waals surface area contributed by atoms with E-state index in [1.165, 1.54) is 6.92 Å². The molecule has 0 bridgehead atoms. The van der Waals surface area contributed by atoms with Crippen molar-refractivity contribution in [3.05, 3.63) is 12.2 Å². The summed E-state index contributed by atoms with van der Waals surface area (Å²) in [5.41, 5.74) is 0. The summed E-state index contributed by atoms with van der Waals surface area (Å²) in [4.78, 5) is 0. The molecule has 0 N–H and O–H groups in total. The molecular formula is C7H6BF6N. The van der Waals surface area contributed by atoms with Gasteiger partial charge in [-0.3, -0.25) is 0 Å². The smallest absolute Gasteiger partial charge is 0.198 e. The van der Waals surface area contributed by atoms with Gasteiger partial charge in [0.2, 0.25) is 0 Å². The van der Waals surface area contributed by atoms with Gasteiger partial charge in [-0.05, 0) is 6.92 Å². The Balaban J connectivity index is 5.22. The first-order chi connectivity index (χ1) is 6.64. The van der Waals surface area contributed by atoms with Crippen LogP contribution in [0.5, 0.6) is 0 Å². The van der Waals surface area contributed by atoms with E-state index >= 15 is 0 Å². The second kappa shape index (κ2) is 4.60. The third-order valence-electron chi connectivity index (χ3n) is 1.61. The fourth-order valence-electron chi connectivity index (χ4n) is 1.03. The van der Waals surface area contributed by atoms with Crippen LogP contribution in [-0.4, -0.2) is 18.9 Å². The van der Waals surface area contributed by atoms with Gasteiger partial charge in [0.1, 0.15) is 0 Å². The van der Waals surface area contributed by atoms with Gasteiger partial charge in [-0.1, -0.05) is 12.2 Å². The Labute approximate surface area is 82.4 Å². The summed E-state index contributed by atoms with van der Waals surface area (Å²) in [6, 6.07) is 0.989. The Kier molecular flexibility index (Phi) is 4.25. The average Bonchev–Trinajstić information content (AvgIpc) is 1.98. The maximum atomic E-state index is 12.1. The van der Waals surface area contributed by atoms with Crippen molar-refractivity contribution in [3.63, 3.8) is 0 Å². The van der Waals surface area contributed by atoms with Crippen LogP contribution in [-0.2, 0) is 0 Å². The molecule has 84 valence electrons. The molecule has 0 radical (unpaired) electrons. The van der Waals surface area contributed by atoms with Crippen LogP contribution in [0.25, 0.3) is 0 Å². The summed E-state index contributed by atoms with van der Waals surface area (Å²) < 4.78 is 72.4. The second-order valence-corrected chi connectivity index (χ2v) is 2.74. The number of hydrogen-bond acceptors (Lipinski definition) is 1. The Morgan fingerprint density at radius 1 is 1.13 bits per heavy atom. The summed E-state index contributed by atoms with van der Waals surface area (Å²) in [6.45, 7) is -2.39. The second-order valence-electron chi connectivity index (χ2n) is 2.74. The van der Waals surface area contributed by atoms with Gasteiger partial charge in [-0.15, -0.1) is 0 Å². The number of hydrogen-bond donors (Lipinski definition) is 0. The topological polar surface area (TPSA) is 23.8 Å². The van der Waals surface area contributed by atoms with E-state index in [-0.39, 0.29) is 0 Å². The highest BCUT2D eigenvalue weighted by atomic mass is 19.4. The van der Waals surface area contributed by atoms with Crippen LogP contribution in [0.15, 0.2) is 12.2 Å². The SMILES string of the molecule is C/C=C/C(C#N)B(C(F)(F)F)C(F)(F)F. The van der Waals surface area contributed by atoms with Gasteiger partial charge < -0.3 is 0 Å². The molecule has 0 aliphatic carbocycles. The van der Waals surface area contributed by atoms with Gasteiger partial charge in [0, 0.05) is 0 Å². The van der Waals surface area contributed by atoms with Crippen LogP contribution in [0.4, 0.5) is 26.3 Å². The number of rotatable bonds is 2. The number of nitriles is 1. The molecule has 0 saturated carbocycles. The Hall–Kier alpha value is -1.13. The van der Waals surface area contributed by atoms with Crippen molar-refractivity contribution in [1.82, 2.24) is 0 Å². The molecule has 8 heteroatoms. The predicted octanol–water partition coefficient (Wildman–Crippen LogP) is 3.15. The molecule has 0 aliphatic rings. The third-order valence-corrected chi connectivity index (χ3v) is 1.61. The van der Waals surface area contributed by atoms with Crippen LogP contribution in [0.1, 0.15) is 6.92 Å². The highest BCUT2D eigenvalue weighted by Gasteiger charge is 2.64. The molecule has 0 fully saturated rings. The minimum atomic E-state index is -5.47. The minimum absolute atomic E-state index is 0.589. The maximum absolute atomic E-state index is 12.1. The molecule has 0 saturated heterocycles. The fourth-order valence-corrected chi connectivity index (χ4v) is 1.03. The summed E-state index contributed by atoms with van der Waals surface area (Å²) >= 11 is 0. The van der Waals surface area contributed by atoms with E-state index in [4.69, 9.17) is 5.26 Å². The summed E-state index contributed by atoms with van der Waals surface area (Å²) in [5.74, 6) is -2.24. The highest BCUT2D eigenvalue weighted by Crippen LogP contribution is 2.38. The van der Waals surface area contributed by atoms with Gasteiger partial charge in [-0.2, -0.15) is 31.6 Å². The third kappa shape index (κ3) is 3.85. The van der Waals surface area contributed by atoms with Crippen molar-refractivity contribution in [3.8, 4) is 6.07 Å². The average molecular weight is 229 g/mol. The monoisotopic (exact) mass is 229 g/mol. The van der Waals surface area contributed by atoms with Crippen molar-refractivity contribution in [2.24, 2.45) is 0 Å². The fraction of sp³-hybridized carbons (Fsp3) is 0.571. The van der Waals surface area contributed by atoms with Crippen molar-refractivity contribution in [1.29, 1.82) is 5.26 Å². The molecule has 1 nitrogen and oxygen atoms in total. The zero-order valence-corrected chi connectivity index (χ0v) is 7.52. The van der Waals surface area contributed by atoms with Gasteiger partial charge in [0.05, 0.1) is 11.9 Å². The quantitative estimate of drug-likeness (QED) is 0.405. The van der Waals surface area contributed by atoms with Gasteiger partial charge >= 0.3 is 18.9 Å². The lowest BCUT2D eigenvalue weighted by Gasteiger charge is -2.21. The molecule has 0 aromatic carbocycles. The molecule has 0 heterocycles. The molecule has 0 rings (SSSR count). The molecule has 1 atom stereocenters. The van der Waals surface area contributed by atoms with Gasteiger partial charge in [-0.25, -0.2) is 0 Å². The van der Waals surface area contributed by atoms with Crippen molar-refractivity contribution in [2.45, 2.75) is 24.9 Å². The maximum Gasteiger partial charge on any atom is 0.422 e. The number of allylic oxidation sites excluding steroid dienone is 2. The molecule has 0 aromatic heterocycles. The Bertz CT molecular complexity index is 259. The van der Waals surface area contributed by atoms with Gasteiger partial charge in [0.25, 0.3) is 0 Å². The standard InChI is InChI=1S/C7H6BF6N/c1-2-3-5(4-15)8(6(9,10)11)7(12,13)14/h2-3,5H,1H3/b3-2+. The van der Waals surface area contributed by atoms with Crippen LogP contribution in [0.3, 0.4) is 0 Å². The molecule has 1 unspecified atom stereocenters. The first-order valence-electron chi connectivity index (χ1n) is 3.80. The highest BCUT2D eigenvalue weighted by molar-refractivity contribution is 6.66. The van der Waals surface area contributed by atoms with E-state index in [0.29, 0.717) is 6.08 Å². The predicted molar refractivity (Wildman–Crippen MR) is 42.0 cm³/mol. The van der Waals surface area contributed by atoms with Crippen molar-refractivity contribution >= 4 is 6.71 Å². The normalized spacial score (nSPS) is 15.1. The number of nitrogens with zero attached hydrogens (tertiary/aromatic N) is 1. The molecule has 0 amide bonds. The first kappa shape index (κ1) is 13.9. The van der Waals surface area contributed by atoms with Crippen LogP contribution in [0, 0.1) is 11.3 Å². The number of alkyl halides is 6. The van der Waals surface area contributed by atoms with E-state index in [1.54, 1.807) is 0 Å².